The third kappa shape index (κ3) is 3.76. The van der Waals surface area contributed by atoms with Crippen LogP contribution in [-0.2, 0) is 0 Å². The highest BCUT2D eigenvalue weighted by Crippen LogP contribution is 2.35. The van der Waals surface area contributed by atoms with Crippen molar-refractivity contribution in [1.29, 1.82) is 0 Å². The molecule has 0 saturated heterocycles. The summed E-state index contributed by atoms with van der Waals surface area (Å²) in [7, 11) is 3.99. The number of para-hydroxylation sites is 1. The van der Waals surface area contributed by atoms with Crippen LogP contribution >= 0.6 is 11.3 Å². The smallest absolute Gasteiger partial charge is 0.279 e. The lowest BCUT2D eigenvalue weighted by atomic mass is 10.3. The number of ether oxygens (including phenoxy) is 1. The number of amides is 1. The predicted octanol–water partition coefficient (Wildman–Crippen LogP) is 3.86. The SMILES string of the molecule is CCOc1cccc2sc(N(CCN(C)C)C(=O)c3c(C)nc4ccccn34)nc12. The molecule has 0 radical (unpaired) electrons. The van der Waals surface area contributed by atoms with Gasteiger partial charge in [0.25, 0.3) is 5.91 Å². The molecule has 0 aliphatic rings. The Morgan fingerprint density at radius 1 is 1.13 bits per heavy atom. The summed E-state index contributed by atoms with van der Waals surface area (Å²) in [6, 6.07) is 11.6. The molecule has 0 bridgehead atoms. The number of carbonyl (C=O) groups excluding carboxylic acids is 1. The van der Waals surface area contributed by atoms with Crippen LogP contribution in [0.1, 0.15) is 23.1 Å². The number of fused-ring (bicyclic) bond motifs is 2. The third-order valence-electron chi connectivity index (χ3n) is 4.82. The van der Waals surface area contributed by atoms with E-state index in [1.54, 1.807) is 4.90 Å². The summed E-state index contributed by atoms with van der Waals surface area (Å²) in [5, 5.41) is 0.661. The van der Waals surface area contributed by atoms with E-state index in [2.05, 4.69) is 9.88 Å². The van der Waals surface area contributed by atoms with E-state index in [1.165, 1.54) is 11.3 Å². The minimum Gasteiger partial charge on any atom is -0.492 e. The molecule has 0 fully saturated rings. The Kier molecular flexibility index (Phi) is 5.69. The van der Waals surface area contributed by atoms with Crippen LogP contribution in [0.5, 0.6) is 5.75 Å². The van der Waals surface area contributed by atoms with Crippen molar-refractivity contribution >= 4 is 38.2 Å². The van der Waals surface area contributed by atoms with Gasteiger partial charge in [-0.05, 0) is 52.2 Å². The van der Waals surface area contributed by atoms with E-state index in [4.69, 9.17) is 9.72 Å². The van der Waals surface area contributed by atoms with Crippen molar-refractivity contribution in [2.75, 3.05) is 38.7 Å². The number of aryl methyl sites for hydroxylation is 1. The second-order valence-electron chi connectivity index (χ2n) is 7.27. The molecule has 0 atom stereocenters. The number of anilines is 1. The number of rotatable bonds is 7. The number of imidazole rings is 1. The topological polar surface area (TPSA) is 63.0 Å². The number of nitrogens with zero attached hydrogens (tertiary/aromatic N) is 5. The minimum absolute atomic E-state index is 0.106. The van der Waals surface area contributed by atoms with E-state index < -0.39 is 0 Å². The van der Waals surface area contributed by atoms with Crippen molar-refractivity contribution in [3.8, 4) is 5.75 Å². The number of pyridine rings is 1. The molecule has 0 N–H and O–H groups in total. The van der Waals surface area contributed by atoms with Gasteiger partial charge in [-0.1, -0.05) is 23.5 Å². The number of hydrogen-bond donors (Lipinski definition) is 0. The minimum atomic E-state index is -0.106. The van der Waals surface area contributed by atoms with Gasteiger partial charge in [-0.2, -0.15) is 0 Å². The van der Waals surface area contributed by atoms with Gasteiger partial charge >= 0.3 is 0 Å². The van der Waals surface area contributed by atoms with E-state index in [9.17, 15) is 4.79 Å². The van der Waals surface area contributed by atoms with Crippen LogP contribution in [0.2, 0.25) is 0 Å². The van der Waals surface area contributed by atoms with Crippen LogP contribution in [0.15, 0.2) is 42.6 Å². The molecule has 3 heterocycles. The number of likely N-dealkylation sites (N-methyl/N-ethyl adjacent to an activating group) is 1. The molecule has 156 valence electrons. The zero-order valence-electron chi connectivity index (χ0n) is 17.6. The van der Waals surface area contributed by atoms with Crippen molar-refractivity contribution in [3.63, 3.8) is 0 Å². The van der Waals surface area contributed by atoms with E-state index >= 15 is 0 Å². The first-order valence-corrected chi connectivity index (χ1v) is 10.7. The summed E-state index contributed by atoms with van der Waals surface area (Å²) in [5.74, 6) is 0.633. The lowest BCUT2D eigenvalue weighted by Gasteiger charge is -2.22. The maximum Gasteiger partial charge on any atom is 0.279 e. The Labute approximate surface area is 179 Å². The fraction of sp³-hybridized carbons (Fsp3) is 0.318. The van der Waals surface area contributed by atoms with Gasteiger partial charge in [0.05, 0.1) is 17.0 Å². The van der Waals surface area contributed by atoms with Crippen LogP contribution in [0.4, 0.5) is 5.13 Å². The lowest BCUT2D eigenvalue weighted by Crippen LogP contribution is -2.37. The van der Waals surface area contributed by atoms with Crippen molar-refractivity contribution < 1.29 is 9.53 Å². The van der Waals surface area contributed by atoms with Crippen molar-refractivity contribution in [3.05, 3.63) is 54.0 Å². The van der Waals surface area contributed by atoms with Gasteiger partial charge in [-0.3, -0.25) is 14.1 Å². The molecule has 0 unspecified atom stereocenters. The Bertz CT molecular complexity index is 1200. The van der Waals surface area contributed by atoms with Gasteiger partial charge < -0.3 is 9.64 Å². The molecular weight excluding hydrogens is 398 g/mol. The maximum absolute atomic E-state index is 13.7. The summed E-state index contributed by atoms with van der Waals surface area (Å²) in [4.78, 5) is 26.9. The van der Waals surface area contributed by atoms with Crippen LogP contribution in [0.3, 0.4) is 0 Å². The quantitative estimate of drug-likeness (QED) is 0.452. The molecule has 7 nitrogen and oxygen atoms in total. The summed E-state index contributed by atoms with van der Waals surface area (Å²) in [5.41, 5.74) is 2.82. The highest BCUT2D eigenvalue weighted by Gasteiger charge is 2.26. The first-order chi connectivity index (χ1) is 14.5. The first-order valence-electron chi connectivity index (χ1n) is 9.92. The van der Waals surface area contributed by atoms with Gasteiger partial charge in [0, 0.05) is 19.3 Å². The number of carbonyl (C=O) groups is 1. The molecule has 4 rings (SSSR count). The number of thiazole rings is 1. The Hall–Kier alpha value is -2.97. The van der Waals surface area contributed by atoms with Crippen molar-refractivity contribution in [2.45, 2.75) is 13.8 Å². The standard InChI is InChI=1S/C22H25N5O2S/c1-5-29-16-9-8-10-17-19(16)24-22(30-17)27(14-13-25(3)4)21(28)20-15(2)23-18-11-6-7-12-26(18)20/h6-12H,5,13-14H2,1-4H3. The molecule has 8 heteroatoms. The Morgan fingerprint density at radius 2 is 1.97 bits per heavy atom. The molecule has 1 aromatic carbocycles. The average Bonchev–Trinajstić information content (AvgIpc) is 3.28. The summed E-state index contributed by atoms with van der Waals surface area (Å²) < 4.78 is 8.58. The zero-order valence-corrected chi connectivity index (χ0v) is 18.4. The van der Waals surface area contributed by atoms with Gasteiger partial charge in [0.2, 0.25) is 0 Å². The van der Waals surface area contributed by atoms with Crippen LogP contribution in [0.25, 0.3) is 15.9 Å². The fourth-order valence-electron chi connectivity index (χ4n) is 3.38. The maximum atomic E-state index is 13.7. The molecule has 30 heavy (non-hydrogen) atoms. The summed E-state index contributed by atoms with van der Waals surface area (Å²) in [6.45, 7) is 5.63. The van der Waals surface area contributed by atoms with Gasteiger partial charge in [0.1, 0.15) is 22.6 Å². The van der Waals surface area contributed by atoms with Gasteiger partial charge in [-0.25, -0.2) is 9.97 Å². The molecule has 3 aromatic heterocycles. The highest BCUT2D eigenvalue weighted by molar-refractivity contribution is 7.22. The van der Waals surface area contributed by atoms with E-state index in [0.717, 1.165) is 28.2 Å². The zero-order chi connectivity index (χ0) is 21.3. The van der Waals surface area contributed by atoms with E-state index in [-0.39, 0.29) is 5.91 Å². The molecule has 0 saturated carbocycles. The first kappa shape index (κ1) is 20.3. The summed E-state index contributed by atoms with van der Waals surface area (Å²) in [6.07, 6.45) is 1.87. The Balaban J connectivity index is 1.80. The van der Waals surface area contributed by atoms with Crippen LogP contribution in [-0.4, -0.2) is 59.0 Å². The third-order valence-corrected chi connectivity index (χ3v) is 5.87. The lowest BCUT2D eigenvalue weighted by molar-refractivity contribution is 0.0979. The molecule has 0 aliphatic heterocycles. The second-order valence-corrected chi connectivity index (χ2v) is 8.28. The number of benzene rings is 1. The molecular formula is C22H25N5O2S. The predicted molar refractivity (Wildman–Crippen MR) is 121 cm³/mol. The average molecular weight is 424 g/mol. The number of aromatic nitrogens is 3. The van der Waals surface area contributed by atoms with Crippen molar-refractivity contribution in [2.24, 2.45) is 0 Å². The fourth-order valence-corrected chi connectivity index (χ4v) is 4.39. The van der Waals surface area contributed by atoms with Crippen LogP contribution in [0, 0.1) is 6.92 Å². The molecule has 0 spiro atoms. The molecule has 1 amide bonds. The van der Waals surface area contributed by atoms with Crippen molar-refractivity contribution in [1.82, 2.24) is 19.3 Å². The summed E-state index contributed by atoms with van der Waals surface area (Å²) >= 11 is 1.50. The Morgan fingerprint density at radius 3 is 2.73 bits per heavy atom. The van der Waals surface area contributed by atoms with Crippen LogP contribution < -0.4 is 9.64 Å². The van der Waals surface area contributed by atoms with E-state index in [0.29, 0.717) is 29.7 Å². The second kappa shape index (κ2) is 8.41. The molecule has 0 aliphatic carbocycles. The monoisotopic (exact) mass is 423 g/mol. The van der Waals surface area contributed by atoms with Gasteiger partial charge in [-0.15, -0.1) is 0 Å². The van der Waals surface area contributed by atoms with Gasteiger partial charge in [0.15, 0.2) is 5.13 Å². The largest absolute Gasteiger partial charge is 0.492 e. The number of hydrogen-bond acceptors (Lipinski definition) is 6. The van der Waals surface area contributed by atoms with E-state index in [1.807, 2.05) is 74.9 Å². The molecule has 4 aromatic rings. The normalized spacial score (nSPS) is 11.5. The highest BCUT2D eigenvalue weighted by atomic mass is 32.1.